The van der Waals surface area contributed by atoms with Crippen molar-refractivity contribution in [3.05, 3.63) is 173 Å². The number of rotatable bonds is 12. The standard InChI is InChI=1S/C23H18N2O5S.C22H17ClN2O5S/c1-15(26)17-3-2-4-20(11-17)31(28,29)19-7-5-16(6-8-19)13-25-23(27)21-12-18-9-10-24-14-22(18)30-21;1-29-16-4-7-18(23)21(11-16)31(27,28)17-5-2-14(3-6-17)12-25-22(26)19-10-15-8-9-24-13-20(15)30-19/h2-12,14H,13H2,1H3,(H,25,27);2-11,13H,12H2,1H3,(H,25,26). The van der Waals surface area contributed by atoms with Gasteiger partial charge in [0.05, 0.1) is 44.1 Å². The van der Waals surface area contributed by atoms with E-state index in [1.807, 2.05) is 0 Å². The highest BCUT2D eigenvalue weighted by atomic mass is 35.5. The second-order valence-electron chi connectivity index (χ2n) is 13.6. The van der Waals surface area contributed by atoms with Crippen molar-refractivity contribution in [1.29, 1.82) is 0 Å². The van der Waals surface area contributed by atoms with Crippen LogP contribution >= 0.6 is 11.6 Å². The second kappa shape index (κ2) is 18.2. The van der Waals surface area contributed by atoms with Gasteiger partial charge < -0.3 is 24.2 Å². The minimum absolute atomic E-state index is 0.0334. The van der Waals surface area contributed by atoms with Gasteiger partial charge >= 0.3 is 0 Å². The van der Waals surface area contributed by atoms with E-state index < -0.39 is 19.7 Å². The van der Waals surface area contributed by atoms with Crippen LogP contribution in [0.25, 0.3) is 21.9 Å². The molecule has 2 N–H and O–H groups in total. The fourth-order valence-corrected chi connectivity index (χ4v) is 9.14. The summed E-state index contributed by atoms with van der Waals surface area (Å²) in [5.74, 6) is -0.222. The summed E-state index contributed by atoms with van der Waals surface area (Å²) >= 11 is 6.10. The summed E-state index contributed by atoms with van der Waals surface area (Å²) in [5.41, 5.74) is 2.83. The molecule has 0 aliphatic rings. The van der Waals surface area contributed by atoms with Crippen molar-refractivity contribution in [2.75, 3.05) is 7.11 Å². The van der Waals surface area contributed by atoms with Crippen LogP contribution in [-0.4, -0.2) is 51.5 Å². The average molecular weight is 891 g/mol. The number of carbonyl (C=O) groups excluding carboxylic acids is 3. The van der Waals surface area contributed by atoms with Gasteiger partial charge in [-0.15, -0.1) is 0 Å². The number of nitrogens with one attached hydrogen (secondary N) is 2. The van der Waals surface area contributed by atoms with Gasteiger partial charge in [-0.25, -0.2) is 16.8 Å². The first kappa shape index (κ1) is 43.0. The molecule has 4 aromatic heterocycles. The van der Waals surface area contributed by atoms with Crippen LogP contribution < -0.4 is 15.4 Å². The van der Waals surface area contributed by atoms with Crippen LogP contribution in [0.2, 0.25) is 5.02 Å². The van der Waals surface area contributed by atoms with Gasteiger partial charge in [-0.3, -0.25) is 24.4 Å². The zero-order valence-corrected chi connectivity index (χ0v) is 35.3. The minimum atomic E-state index is -3.83. The Kier molecular flexibility index (Phi) is 12.6. The number of aromatic nitrogens is 2. The van der Waals surface area contributed by atoms with Gasteiger partial charge in [-0.2, -0.15) is 0 Å². The third-order valence-electron chi connectivity index (χ3n) is 9.45. The lowest BCUT2D eigenvalue weighted by molar-refractivity contribution is 0.0918. The summed E-state index contributed by atoms with van der Waals surface area (Å²) < 4.78 is 67.7. The van der Waals surface area contributed by atoms with Gasteiger partial charge in [-0.1, -0.05) is 48.0 Å². The Bertz CT molecular complexity index is 3120. The average Bonchev–Trinajstić information content (AvgIpc) is 3.94. The van der Waals surface area contributed by atoms with Crippen molar-refractivity contribution in [1.82, 2.24) is 20.6 Å². The van der Waals surface area contributed by atoms with Crippen LogP contribution in [0, 0.1) is 0 Å². The number of Topliss-reactive ketones (excluding diaryl/α,β-unsaturated/α-hetero) is 1. The maximum atomic E-state index is 12.9. The molecule has 17 heteroatoms. The quantitative estimate of drug-likeness (QED) is 0.112. The monoisotopic (exact) mass is 890 g/mol. The van der Waals surface area contributed by atoms with Crippen LogP contribution in [0.15, 0.2) is 168 Å². The third kappa shape index (κ3) is 9.57. The molecule has 0 fully saturated rings. The first-order chi connectivity index (χ1) is 29.7. The lowest BCUT2D eigenvalue weighted by atomic mass is 10.2. The van der Waals surface area contributed by atoms with Gasteiger partial charge in [0.1, 0.15) is 5.75 Å². The number of hydrogen-bond acceptors (Lipinski definition) is 12. The number of sulfone groups is 2. The molecule has 0 saturated heterocycles. The second-order valence-corrected chi connectivity index (χ2v) is 17.9. The van der Waals surface area contributed by atoms with Crippen molar-refractivity contribution in [3.63, 3.8) is 0 Å². The van der Waals surface area contributed by atoms with E-state index in [-0.39, 0.29) is 66.8 Å². The molecule has 0 aliphatic heterocycles. The summed E-state index contributed by atoms with van der Waals surface area (Å²) in [4.78, 5) is 44.4. The molecule has 314 valence electrons. The molecule has 0 saturated carbocycles. The van der Waals surface area contributed by atoms with Gasteiger partial charge in [0.2, 0.25) is 19.7 Å². The van der Waals surface area contributed by atoms with Crippen molar-refractivity contribution < 1.29 is 44.8 Å². The van der Waals surface area contributed by atoms with E-state index >= 15 is 0 Å². The lowest BCUT2D eigenvalue weighted by Crippen LogP contribution is -2.22. The number of hydrogen-bond donors (Lipinski definition) is 2. The maximum Gasteiger partial charge on any atom is 0.287 e. The summed E-state index contributed by atoms with van der Waals surface area (Å²) in [6.07, 6.45) is 6.32. The summed E-state index contributed by atoms with van der Waals surface area (Å²) in [5, 5.41) is 7.17. The molecule has 0 unspecified atom stereocenters. The maximum absolute atomic E-state index is 12.9. The highest BCUT2D eigenvalue weighted by Gasteiger charge is 2.23. The number of carbonyl (C=O) groups is 3. The topological polar surface area (TPSA) is 205 Å². The van der Waals surface area contributed by atoms with Crippen molar-refractivity contribution in [2.24, 2.45) is 0 Å². The van der Waals surface area contributed by atoms with Crippen molar-refractivity contribution in [3.8, 4) is 5.75 Å². The number of amides is 2. The van der Waals surface area contributed by atoms with Gasteiger partial charge in [0, 0.05) is 47.9 Å². The number of fused-ring (bicyclic) bond motifs is 2. The van der Waals surface area contributed by atoms with Gasteiger partial charge in [0.15, 0.2) is 28.5 Å². The Morgan fingerprint density at radius 3 is 1.63 bits per heavy atom. The first-order valence-corrected chi connectivity index (χ1v) is 21.9. The molecule has 0 aliphatic carbocycles. The highest BCUT2D eigenvalue weighted by molar-refractivity contribution is 7.91. The molecule has 4 aromatic carbocycles. The van der Waals surface area contributed by atoms with Crippen LogP contribution in [0.1, 0.15) is 49.5 Å². The van der Waals surface area contributed by atoms with E-state index in [1.165, 1.54) is 68.8 Å². The molecule has 0 bridgehead atoms. The number of halogens is 1. The van der Waals surface area contributed by atoms with Crippen LogP contribution in [-0.2, 0) is 32.8 Å². The van der Waals surface area contributed by atoms with E-state index in [4.69, 9.17) is 25.2 Å². The number of furan rings is 2. The largest absolute Gasteiger partial charge is 0.497 e. The van der Waals surface area contributed by atoms with Gasteiger partial charge in [-0.05, 0) is 90.8 Å². The fourth-order valence-electron chi connectivity index (χ4n) is 6.07. The molecule has 14 nitrogen and oxygen atoms in total. The summed E-state index contributed by atoms with van der Waals surface area (Å²) in [6, 6.07) is 29.6. The number of methoxy groups -OCH3 is 1. The molecule has 0 radical (unpaired) electrons. The third-order valence-corrected chi connectivity index (χ3v) is 13.5. The number of pyridine rings is 2. The summed E-state index contributed by atoms with van der Waals surface area (Å²) in [6.45, 7) is 1.79. The normalized spacial score (nSPS) is 11.4. The molecule has 0 atom stereocenters. The van der Waals surface area contributed by atoms with Crippen LogP contribution in [0.4, 0.5) is 0 Å². The van der Waals surface area contributed by atoms with Crippen LogP contribution in [0.3, 0.4) is 0 Å². The van der Waals surface area contributed by atoms with E-state index in [0.717, 1.165) is 21.9 Å². The first-order valence-electron chi connectivity index (χ1n) is 18.6. The van der Waals surface area contributed by atoms with E-state index in [2.05, 4.69) is 20.6 Å². The number of ketones is 1. The minimum Gasteiger partial charge on any atom is -0.497 e. The molecule has 0 spiro atoms. The molecule has 62 heavy (non-hydrogen) atoms. The molecule has 8 rings (SSSR count). The smallest absolute Gasteiger partial charge is 0.287 e. The molecule has 2 amide bonds. The van der Waals surface area contributed by atoms with E-state index in [9.17, 15) is 31.2 Å². The lowest BCUT2D eigenvalue weighted by Gasteiger charge is -2.10. The zero-order chi connectivity index (χ0) is 44.0. The number of benzene rings is 4. The predicted octanol–water partition coefficient (Wildman–Crippen LogP) is 8.05. The molecule has 8 aromatic rings. The Balaban J connectivity index is 0.000000186. The van der Waals surface area contributed by atoms with Crippen molar-refractivity contribution >= 4 is 70.8 Å². The number of ether oxygens (including phenoxy) is 1. The van der Waals surface area contributed by atoms with Gasteiger partial charge in [0.25, 0.3) is 11.8 Å². The molecule has 4 heterocycles. The molecular weight excluding hydrogens is 856 g/mol. The Morgan fingerprint density at radius 1 is 0.629 bits per heavy atom. The molecular formula is C45H35ClN4O10S2. The van der Waals surface area contributed by atoms with E-state index in [1.54, 1.807) is 85.3 Å². The Morgan fingerprint density at radius 2 is 1.15 bits per heavy atom. The van der Waals surface area contributed by atoms with Crippen LogP contribution in [0.5, 0.6) is 5.75 Å². The summed E-state index contributed by atoms with van der Waals surface area (Å²) in [7, 11) is -6.14. The van der Waals surface area contributed by atoms with E-state index in [0.29, 0.717) is 22.5 Å². The SMILES string of the molecule is CC(=O)c1cccc(S(=O)(=O)c2ccc(CNC(=O)c3cc4ccncc4o3)cc2)c1.COc1ccc(Cl)c(S(=O)(=O)c2ccc(CNC(=O)c3cc4ccncc4o3)cc2)c1. The van der Waals surface area contributed by atoms with Crippen molar-refractivity contribution in [2.45, 2.75) is 39.6 Å². The number of nitrogens with zero attached hydrogens (tertiary/aromatic N) is 2. The Labute approximate surface area is 360 Å². The Hall–Kier alpha value is -7.14. The predicted molar refractivity (Wildman–Crippen MR) is 229 cm³/mol. The zero-order valence-electron chi connectivity index (χ0n) is 32.9. The fraction of sp³-hybridized carbons (Fsp3) is 0.0889. The highest BCUT2D eigenvalue weighted by Crippen LogP contribution is 2.31.